The molecule has 3 heterocycles. The van der Waals surface area contributed by atoms with Crippen LogP contribution in [-0.2, 0) is 25.6 Å². The van der Waals surface area contributed by atoms with E-state index in [4.69, 9.17) is 14.5 Å². The molecule has 0 bridgehead atoms. The van der Waals surface area contributed by atoms with Gasteiger partial charge in [0.05, 0.1) is 5.39 Å². The van der Waals surface area contributed by atoms with Crippen LogP contribution in [0.5, 0.6) is 11.5 Å². The Bertz CT molecular complexity index is 1120. The number of rotatable bonds is 3. The molecule has 0 saturated carbocycles. The Morgan fingerprint density at radius 3 is 2.85 bits per heavy atom. The van der Waals surface area contributed by atoms with Crippen LogP contribution in [0.2, 0.25) is 0 Å². The predicted molar refractivity (Wildman–Crippen MR) is 112 cm³/mol. The number of halogens is 1. The van der Waals surface area contributed by atoms with Crippen LogP contribution in [0.3, 0.4) is 0 Å². The molecule has 1 aromatic carbocycles. The van der Waals surface area contributed by atoms with Gasteiger partial charge in [-0.05, 0) is 42.5 Å². The minimum Gasteiger partial charge on any atom is -0.486 e. The first kappa shape index (κ1) is 17.6. The Morgan fingerprint density at radius 1 is 1.26 bits per heavy atom. The number of thiophene rings is 1. The summed E-state index contributed by atoms with van der Waals surface area (Å²) < 4.78 is 14.0. The Morgan fingerprint density at radius 2 is 2.04 bits per heavy atom. The van der Waals surface area contributed by atoms with E-state index in [1.807, 2.05) is 19.2 Å². The number of nitrogens with zero attached hydrogens (tertiary/aromatic N) is 2. The van der Waals surface area contributed by atoms with Crippen LogP contribution in [-0.4, -0.2) is 22.8 Å². The molecule has 0 amide bonds. The Labute approximate surface area is 172 Å². The van der Waals surface area contributed by atoms with Crippen molar-refractivity contribution in [2.45, 2.75) is 30.2 Å². The lowest BCUT2D eigenvalue weighted by molar-refractivity contribution is 0.171. The van der Waals surface area contributed by atoms with Crippen molar-refractivity contribution in [2.24, 2.45) is 7.05 Å². The van der Waals surface area contributed by atoms with Gasteiger partial charge in [-0.1, -0.05) is 27.7 Å². The van der Waals surface area contributed by atoms with Gasteiger partial charge in [0.25, 0.3) is 5.56 Å². The third-order valence-electron chi connectivity index (χ3n) is 4.97. The Hall–Kier alpha value is -1.51. The zero-order valence-electron chi connectivity index (χ0n) is 14.7. The average Bonchev–Trinajstić information content (AvgIpc) is 3.24. The number of fused-ring (bicyclic) bond motifs is 4. The highest BCUT2D eigenvalue weighted by Crippen LogP contribution is 2.39. The summed E-state index contributed by atoms with van der Waals surface area (Å²) in [5.41, 5.74) is 2.39. The van der Waals surface area contributed by atoms with Crippen LogP contribution in [0.15, 0.2) is 26.6 Å². The third-order valence-corrected chi connectivity index (χ3v) is 7.98. The second-order valence-corrected chi connectivity index (χ2v) is 9.55. The molecule has 0 unspecified atom stereocenters. The number of aromatic nitrogens is 2. The highest BCUT2D eigenvalue weighted by Gasteiger charge is 2.23. The van der Waals surface area contributed by atoms with Gasteiger partial charge in [0, 0.05) is 22.2 Å². The predicted octanol–water partition coefficient (Wildman–Crippen LogP) is 4.31. The second-order valence-electron chi connectivity index (χ2n) is 6.67. The van der Waals surface area contributed by atoms with Gasteiger partial charge in [-0.3, -0.25) is 9.36 Å². The number of benzene rings is 1. The van der Waals surface area contributed by atoms with Crippen LogP contribution < -0.4 is 15.0 Å². The van der Waals surface area contributed by atoms with E-state index >= 15 is 0 Å². The Balaban J connectivity index is 1.47. The molecule has 2 aromatic heterocycles. The minimum absolute atomic E-state index is 0.0724. The molecule has 0 N–H and O–H groups in total. The number of hydrogen-bond acceptors (Lipinski definition) is 6. The normalized spacial score (nSPS) is 15.3. The molecule has 3 aromatic rings. The van der Waals surface area contributed by atoms with Crippen molar-refractivity contribution in [1.82, 2.24) is 9.55 Å². The molecule has 0 atom stereocenters. The first-order valence-corrected chi connectivity index (χ1v) is 11.4. The van der Waals surface area contributed by atoms with Gasteiger partial charge in [-0.2, -0.15) is 0 Å². The van der Waals surface area contributed by atoms with Crippen molar-refractivity contribution < 1.29 is 9.47 Å². The van der Waals surface area contributed by atoms with Crippen LogP contribution >= 0.6 is 39.0 Å². The SMILES string of the molecule is Cn1c(SCc2cc3c(cc2Br)OCCO3)nc2sc3c(c2c1=O)CCC3. The smallest absolute Gasteiger partial charge is 0.262 e. The minimum atomic E-state index is 0.0724. The summed E-state index contributed by atoms with van der Waals surface area (Å²) >= 11 is 6.87. The van der Waals surface area contributed by atoms with Crippen LogP contribution in [0.1, 0.15) is 22.4 Å². The van der Waals surface area contributed by atoms with Gasteiger partial charge in [0.15, 0.2) is 16.7 Å². The van der Waals surface area contributed by atoms with Crippen LogP contribution in [0, 0.1) is 0 Å². The van der Waals surface area contributed by atoms with E-state index in [2.05, 4.69) is 15.9 Å². The van der Waals surface area contributed by atoms with Crippen LogP contribution in [0.25, 0.3) is 10.2 Å². The first-order chi connectivity index (χ1) is 13.1. The molecule has 5 nitrogen and oxygen atoms in total. The standard InChI is InChI=1S/C19H17BrN2O3S2/c1-22-18(23)16-11-3-2-4-15(11)27-17(16)21-19(22)26-9-10-7-13-14(8-12(10)20)25-6-5-24-13/h7-8H,2-6,9H2,1H3. The highest BCUT2D eigenvalue weighted by molar-refractivity contribution is 9.10. The van der Waals surface area contributed by atoms with Gasteiger partial charge < -0.3 is 9.47 Å². The van der Waals surface area contributed by atoms with E-state index in [1.54, 1.807) is 27.7 Å². The first-order valence-electron chi connectivity index (χ1n) is 8.84. The van der Waals surface area contributed by atoms with E-state index < -0.39 is 0 Å². The molecule has 1 aliphatic heterocycles. The van der Waals surface area contributed by atoms with Gasteiger partial charge in [-0.15, -0.1) is 11.3 Å². The average molecular weight is 465 g/mol. The van der Waals surface area contributed by atoms with Crippen molar-refractivity contribution in [3.05, 3.63) is 43.0 Å². The summed E-state index contributed by atoms with van der Waals surface area (Å²) in [6.45, 7) is 1.14. The molecule has 5 rings (SSSR count). The lowest BCUT2D eigenvalue weighted by atomic mass is 10.2. The molecule has 0 radical (unpaired) electrons. The molecule has 27 heavy (non-hydrogen) atoms. The van der Waals surface area contributed by atoms with Gasteiger partial charge in [-0.25, -0.2) is 4.98 Å². The van der Waals surface area contributed by atoms with Crippen molar-refractivity contribution in [1.29, 1.82) is 0 Å². The summed E-state index contributed by atoms with van der Waals surface area (Å²) in [5.74, 6) is 2.22. The maximum atomic E-state index is 12.9. The molecule has 8 heteroatoms. The maximum absolute atomic E-state index is 12.9. The summed E-state index contributed by atoms with van der Waals surface area (Å²) in [7, 11) is 1.81. The fourth-order valence-electron chi connectivity index (χ4n) is 3.59. The molecule has 0 fully saturated rings. The van der Waals surface area contributed by atoms with Gasteiger partial charge >= 0.3 is 0 Å². The second kappa shape index (κ2) is 6.83. The van der Waals surface area contributed by atoms with E-state index in [0.717, 1.165) is 56.2 Å². The molecule has 2 aliphatic rings. The summed E-state index contributed by atoms with van der Waals surface area (Å²) in [5, 5.41) is 1.58. The topological polar surface area (TPSA) is 53.4 Å². The van der Waals surface area contributed by atoms with Crippen molar-refractivity contribution in [3.63, 3.8) is 0 Å². The molecule has 140 valence electrons. The van der Waals surface area contributed by atoms with E-state index in [-0.39, 0.29) is 5.56 Å². The summed E-state index contributed by atoms with van der Waals surface area (Å²) in [4.78, 5) is 19.9. The molecule has 1 aliphatic carbocycles. The molecule has 0 saturated heterocycles. The van der Waals surface area contributed by atoms with Crippen molar-refractivity contribution in [2.75, 3.05) is 13.2 Å². The van der Waals surface area contributed by atoms with E-state index in [1.165, 1.54) is 10.4 Å². The maximum Gasteiger partial charge on any atom is 0.262 e. The fraction of sp³-hybridized carbons (Fsp3) is 0.368. The summed E-state index contributed by atoms with van der Waals surface area (Å²) in [6.07, 6.45) is 3.23. The van der Waals surface area contributed by atoms with E-state index in [9.17, 15) is 4.79 Å². The Kier molecular flexibility index (Phi) is 4.44. The molecular weight excluding hydrogens is 448 g/mol. The molecule has 0 spiro atoms. The van der Waals surface area contributed by atoms with Crippen LogP contribution in [0.4, 0.5) is 0 Å². The van der Waals surface area contributed by atoms with Gasteiger partial charge in [0.1, 0.15) is 18.0 Å². The lowest BCUT2D eigenvalue weighted by Gasteiger charge is -2.20. The van der Waals surface area contributed by atoms with Gasteiger partial charge in [0.2, 0.25) is 0 Å². The van der Waals surface area contributed by atoms with Crippen molar-refractivity contribution >= 4 is 49.2 Å². The van der Waals surface area contributed by atoms with E-state index in [0.29, 0.717) is 19.0 Å². The molecular formula is C19H17BrN2O3S2. The quantitative estimate of drug-likeness (QED) is 0.426. The zero-order chi connectivity index (χ0) is 18.5. The number of ether oxygens (including phenoxy) is 2. The van der Waals surface area contributed by atoms with Crippen molar-refractivity contribution in [3.8, 4) is 11.5 Å². The highest BCUT2D eigenvalue weighted by atomic mass is 79.9. The monoisotopic (exact) mass is 464 g/mol. The summed E-state index contributed by atoms with van der Waals surface area (Å²) in [6, 6.07) is 3.95. The number of hydrogen-bond donors (Lipinski definition) is 0. The lowest BCUT2D eigenvalue weighted by Crippen LogP contribution is -2.20. The zero-order valence-corrected chi connectivity index (χ0v) is 17.9. The fourth-order valence-corrected chi connectivity index (χ4v) is 6.51. The number of aryl methyl sites for hydroxylation is 2. The third kappa shape index (κ3) is 2.98. The largest absolute Gasteiger partial charge is 0.486 e. The number of thioether (sulfide) groups is 1.